The molecule has 1 fully saturated rings. The van der Waals surface area contributed by atoms with Crippen molar-refractivity contribution in [3.05, 3.63) is 24.3 Å². The van der Waals surface area contributed by atoms with Crippen molar-refractivity contribution in [1.29, 1.82) is 0 Å². The number of piperidine rings is 1. The average molecular weight is 347 g/mol. The Hall–Kier alpha value is -2.24. The summed E-state index contributed by atoms with van der Waals surface area (Å²) < 4.78 is 5.39. The second-order valence-electron chi connectivity index (χ2n) is 6.32. The maximum atomic E-state index is 12.3. The van der Waals surface area contributed by atoms with Crippen LogP contribution in [0.15, 0.2) is 24.3 Å². The fourth-order valence-corrected chi connectivity index (χ4v) is 2.87. The summed E-state index contributed by atoms with van der Waals surface area (Å²) in [5.41, 5.74) is 0.753. The molecule has 1 aromatic carbocycles. The maximum Gasteiger partial charge on any atom is 0.321 e. The summed E-state index contributed by atoms with van der Waals surface area (Å²) in [4.78, 5) is 25.9. The molecule has 0 atom stereocenters. The zero-order valence-electron chi connectivity index (χ0n) is 15.2. The van der Waals surface area contributed by atoms with E-state index in [0.717, 1.165) is 37.1 Å². The Balaban J connectivity index is 1.74. The second kappa shape index (κ2) is 9.91. The third kappa shape index (κ3) is 6.29. The highest BCUT2D eigenvalue weighted by Gasteiger charge is 2.23. The van der Waals surface area contributed by atoms with E-state index in [1.165, 1.54) is 0 Å². The molecule has 0 unspecified atom stereocenters. The molecule has 0 saturated carbocycles. The normalized spacial score (nSPS) is 14.9. The van der Waals surface area contributed by atoms with Gasteiger partial charge < -0.3 is 20.3 Å². The maximum absolute atomic E-state index is 12.3. The number of carbonyl (C=O) groups is 2. The van der Waals surface area contributed by atoms with Crippen LogP contribution in [0.5, 0.6) is 5.75 Å². The van der Waals surface area contributed by atoms with Crippen LogP contribution >= 0.6 is 0 Å². The molecular formula is C19H29N3O3. The molecule has 0 aliphatic carbocycles. The first-order chi connectivity index (χ1) is 12.1. The van der Waals surface area contributed by atoms with Crippen molar-refractivity contribution in [1.82, 2.24) is 10.2 Å². The van der Waals surface area contributed by atoms with E-state index in [4.69, 9.17) is 4.74 Å². The number of urea groups is 1. The number of ether oxygens (including phenoxy) is 1. The first-order valence-corrected chi connectivity index (χ1v) is 9.20. The number of likely N-dealkylation sites (tertiary alicyclic amines) is 1. The van der Waals surface area contributed by atoms with E-state index in [1.807, 2.05) is 31.2 Å². The van der Waals surface area contributed by atoms with Gasteiger partial charge in [0.1, 0.15) is 5.75 Å². The third-order valence-electron chi connectivity index (χ3n) is 4.32. The van der Waals surface area contributed by atoms with Gasteiger partial charge in [-0.2, -0.15) is 0 Å². The minimum Gasteiger partial charge on any atom is -0.494 e. The predicted octanol–water partition coefficient (Wildman–Crippen LogP) is 3.39. The summed E-state index contributed by atoms with van der Waals surface area (Å²) in [6.07, 6.45) is 4.14. The Morgan fingerprint density at radius 3 is 2.44 bits per heavy atom. The zero-order chi connectivity index (χ0) is 18.1. The first-order valence-electron chi connectivity index (χ1n) is 9.20. The van der Waals surface area contributed by atoms with E-state index in [1.54, 1.807) is 4.90 Å². The van der Waals surface area contributed by atoms with Crippen molar-refractivity contribution in [3.63, 3.8) is 0 Å². The zero-order valence-corrected chi connectivity index (χ0v) is 15.2. The van der Waals surface area contributed by atoms with Crippen molar-refractivity contribution in [2.45, 2.75) is 52.0 Å². The average Bonchev–Trinajstić information content (AvgIpc) is 2.62. The Morgan fingerprint density at radius 1 is 1.16 bits per heavy atom. The molecule has 2 rings (SSSR count). The lowest BCUT2D eigenvalue weighted by Crippen LogP contribution is -2.47. The highest BCUT2D eigenvalue weighted by Crippen LogP contribution is 2.17. The number of carbonyl (C=O) groups excluding carboxylic acids is 2. The highest BCUT2D eigenvalue weighted by atomic mass is 16.5. The van der Waals surface area contributed by atoms with Gasteiger partial charge in [0, 0.05) is 31.2 Å². The molecule has 0 bridgehead atoms. The van der Waals surface area contributed by atoms with Gasteiger partial charge in [0.05, 0.1) is 6.61 Å². The number of hydrogen-bond donors (Lipinski definition) is 2. The second-order valence-corrected chi connectivity index (χ2v) is 6.32. The van der Waals surface area contributed by atoms with E-state index in [2.05, 4.69) is 17.6 Å². The minimum absolute atomic E-state index is 0.0973. The molecule has 6 heteroatoms. The molecule has 138 valence electrons. The smallest absolute Gasteiger partial charge is 0.321 e. The Labute approximate surface area is 149 Å². The van der Waals surface area contributed by atoms with E-state index < -0.39 is 0 Å². The number of benzene rings is 1. The number of hydrogen-bond acceptors (Lipinski definition) is 3. The Kier molecular flexibility index (Phi) is 7.57. The summed E-state index contributed by atoms with van der Waals surface area (Å²) in [6.45, 7) is 5.94. The van der Waals surface area contributed by atoms with Gasteiger partial charge >= 0.3 is 6.03 Å². The van der Waals surface area contributed by atoms with Crippen molar-refractivity contribution in [2.24, 2.45) is 0 Å². The fourth-order valence-electron chi connectivity index (χ4n) is 2.87. The summed E-state index contributed by atoms with van der Waals surface area (Å²) in [5.74, 6) is 0.916. The van der Waals surface area contributed by atoms with Crippen molar-refractivity contribution in [3.8, 4) is 5.75 Å². The molecule has 6 nitrogen and oxygen atoms in total. The summed E-state index contributed by atoms with van der Waals surface area (Å²) >= 11 is 0. The van der Waals surface area contributed by atoms with Crippen LogP contribution in [0.25, 0.3) is 0 Å². The van der Waals surface area contributed by atoms with Crippen LogP contribution in [0.2, 0.25) is 0 Å². The van der Waals surface area contributed by atoms with Crippen LogP contribution in [0.3, 0.4) is 0 Å². The molecule has 25 heavy (non-hydrogen) atoms. The van der Waals surface area contributed by atoms with Gasteiger partial charge in [-0.05, 0) is 50.5 Å². The van der Waals surface area contributed by atoms with Gasteiger partial charge in [-0.25, -0.2) is 4.79 Å². The van der Waals surface area contributed by atoms with Gasteiger partial charge in [0.2, 0.25) is 5.91 Å². The molecule has 0 radical (unpaired) electrons. The number of anilines is 1. The Morgan fingerprint density at radius 2 is 1.84 bits per heavy atom. The lowest BCUT2D eigenvalue weighted by molar-refractivity contribution is -0.122. The van der Waals surface area contributed by atoms with Crippen LogP contribution < -0.4 is 15.4 Å². The highest BCUT2D eigenvalue weighted by molar-refractivity contribution is 5.89. The largest absolute Gasteiger partial charge is 0.494 e. The topological polar surface area (TPSA) is 70.7 Å². The molecule has 0 spiro atoms. The quantitative estimate of drug-likeness (QED) is 0.794. The van der Waals surface area contributed by atoms with Crippen LogP contribution in [-0.4, -0.2) is 42.6 Å². The molecule has 3 amide bonds. The SMILES string of the molecule is CCCCC(=O)NC1CCN(C(=O)Nc2ccc(OCC)cc2)CC1. The van der Waals surface area contributed by atoms with Crippen molar-refractivity contribution in [2.75, 3.05) is 25.0 Å². The van der Waals surface area contributed by atoms with E-state index in [0.29, 0.717) is 26.1 Å². The number of nitrogens with one attached hydrogen (secondary N) is 2. The third-order valence-corrected chi connectivity index (χ3v) is 4.32. The van der Waals surface area contributed by atoms with Crippen molar-refractivity contribution >= 4 is 17.6 Å². The standard InChI is InChI=1S/C19H29N3O3/c1-3-5-6-18(23)20-16-11-13-22(14-12-16)19(24)21-15-7-9-17(10-8-15)25-4-2/h7-10,16H,3-6,11-14H2,1-2H3,(H,20,23)(H,21,24). The lowest BCUT2D eigenvalue weighted by atomic mass is 10.0. The van der Waals surface area contributed by atoms with E-state index >= 15 is 0 Å². The molecule has 1 heterocycles. The summed E-state index contributed by atoms with van der Waals surface area (Å²) in [5, 5.41) is 5.98. The van der Waals surface area contributed by atoms with E-state index in [-0.39, 0.29) is 18.0 Å². The molecule has 0 aromatic heterocycles. The molecular weight excluding hydrogens is 318 g/mol. The molecule has 1 saturated heterocycles. The Bertz CT molecular complexity index is 552. The summed E-state index contributed by atoms with van der Waals surface area (Å²) in [6, 6.07) is 7.44. The van der Waals surface area contributed by atoms with Gasteiger partial charge in [0.15, 0.2) is 0 Å². The first kappa shape index (κ1) is 19.1. The van der Waals surface area contributed by atoms with Gasteiger partial charge in [-0.15, -0.1) is 0 Å². The molecule has 1 aromatic rings. The van der Waals surface area contributed by atoms with Gasteiger partial charge in [-0.3, -0.25) is 4.79 Å². The predicted molar refractivity (Wildman–Crippen MR) is 98.9 cm³/mol. The minimum atomic E-state index is -0.0973. The van der Waals surface area contributed by atoms with Crippen LogP contribution in [0, 0.1) is 0 Å². The molecule has 2 N–H and O–H groups in total. The monoisotopic (exact) mass is 347 g/mol. The van der Waals surface area contributed by atoms with Gasteiger partial charge in [0.25, 0.3) is 0 Å². The number of rotatable bonds is 7. The van der Waals surface area contributed by atoms with Crippen LogP contribution in [0.4, 0.5) is 10.5 Å². The fraction of sp³-hybridized carbons (Fsp3) is 0.579. The molecule has 1 aliphatic heterocycles. The lowest BCUT2D eigenvalue weighted by Gasteiger charge is -2.32. The number of nitrogens with zero attached hydrogens (tertiary/aromatic N) is 1. The molecule has 1 aliphatic rings. The van der Waals surface area contributed by atoms with E-state index in [9.17, 15) is 9.59 Å². The summed E-state index contributed by atoms with van der Waals surface area (Å²) in [7, 11) is 0. The van der Waals surface area contributed by atoms with Crippen LogP contribution in [0.1, 0.15) is 46.0 Å². The number of amides is 3. The van der Waals surface area contributed by atoms with Crippen LogP contribution in [-0.2, 0) is 4.79 Å². The van der Waals surface area contributed by atoms with Gasteiger partial charge in [-0.1, -0.05) is 13.3 Å². The number of unbranched alkanes of at least 4 members (excludes halogenated alkanes) is 1. The van der Waals surface area contributed by atoms with Crippen molar-refractivity contribution < 1.29 is 14.3 Å².